The molecular weight excluding hydrogens is 425 g/mol. The highest BCUT2D eigenvalue weighted by Crippen LogP contribution is 2.28. The molecule has 0 radical (unpaired) electrons. The van der Waals surface area contributed by atoms with Crippen molar-refractivity contribution in [3.8, 4) is 5.82 Å². The number of aryl methyl sites for hydroxylation is 2. The van der Waals surface area contributed by atoms with Gasteiger partial charge >= 0.3 is 0 Å². The minimum Gasteiger partial charge on any atom is -0.391 e. The van der Waals surface area contributed by atoms with Gasteiger partial charge in [-0.1, -0.05) is 6.58 Å². The molecule has 0 saturated heterocycles. The van der Waals surface area contributed by atoms with Crippen LogP contribution >= 0.6 is 0 Å². The molecule has 4 aromatic rings. The van der Waals surface area contributed by atoms with Crippen molar-refractivity contribution >= 4 is 34.1 Å². The maximum atomic E-state index is 14.8. The molecule has 0 fully saturated rings. The van der Waals surface area contributed by atoms with Crippen LogP contribution in [0.25, 0.3) is 16.7 Å². The summed E-state index contributed by atoms with van der Waals surface area (Å²) in [6.07, 6.45) is 5.29. The number of nitrogens with zero attached hydrogens (tertiary/aromatic N) is 5. The predicted octanol–water partition coefficient (Wildman–Crippen LogP) is 3.62. The van der Waals surface area contributed by atoms with Crippen LogP contribution in [0.4, 0.5) is 21.7 Å². The molecule has 1 atom stereocenters. The molecule has 0 aliphatic carbocycles. The van der Waals surface area contributed by atoms with Crippen LogP contribution in [-0.4, -0.2) is 41.4 Å². The summed E-state index contributed by atoms with van der Waals surface area (Å²) in [5, 5.41) is 20.6. The zero-order chi connectivity index (χ0) is 23.7. The summed E-state index contributed by atoms with van der Waals surface area (Å²) < 4.78 is 18.0. The highest BCUT2D eigenvalue weighted by Gasteiger charge is 2.16. The summed E-state index contributed by atoms with van der Waals surface area (Å²) in [6, 6.07) is 5.35. The van der Waals surface area contributed by atoms with Crippen LogP contribution in [-0.2, 0) is 11.3 Å². The number of aliphatic hydroxyl groups excluding tert-OH is 1. The molecule has 0 unspecified atom stereocenters. The Kier molecular flexibility index (Phi) is 5.93. The average molecular weight is 449 g/mol. The van der Waals surface area contributed by atoms with Gasteiger partial charge in [0.2, 0.25) is 11.9 Å². The Morgan fingerprint density at radius 1 is 1.33 bits per heavy atom. The second-order valence-corrected chi connectivity index (χ2v) is 7.80. The quantitative estimate of drug-likeness (QED) is 0.372. The molecule has 0 aliphatic rings. The first-order chi connectivity index (χ1) is 15.7. The highest BCUT2D eigenvalue weighted by molar-refractivity contribution is 6.00. The van der Waals surface area contributed by atoms with E-state index in [2.05, 4.69) is 32.3 Å². The second kappa shape index (κ2) is 8.83. The molecule has 0 aliphatic heterocycles. The lowest BCUT2D eigenvalue weighted by Gasteiger charge is -2.09. The summed E-state index contributed by atoms with van der Waals surface area (Å²) in [5.74, 6) is -0.595. The average Bonchev–Trinajstić information content (AvgIpc) is 3.27. The van der Waals surface area contributed by atoms with Crippen LogP contribution in [0.5, 0.6) is 0 Å². The van der Waals surface area contributed by atoms with E-state index in [1.807, 2.05) is 19.9 Å². The minimum absolute atomic E-state index is 0.0857. The molecular formula is C23H24FN7O2. The number of aliphatic hydroxyl groups is 1. The fourth-order valence-electron chi connectivity index (χ4n) is 3.55. The number of rotatable bonds is 7. The minimum atomic E-state index is -0.581. The Hall–Kier alpha value is -4.05. The summed E-state index contributed by atoms with van der Waals surface area (Å²) in [7, 11) is 0. The highest BCUT2D eigenvalue weighted by atomic mass is 19.1. The normalized spacial score (nSPS) is 12.0. The second-order valence-electron chi connectivity index (χ2n) is 7.80. The Bertz CT molecular complexity index is 1360. The van der Waals surface area contributed by atoms with E-state index in [-0.39, 0.29) is 17.7 Å². The lowest BCUT2D eigenvalue weighted by Crippen LogP contribution is -2.12. The summed E-state index contributed by atoms with van der Waals surface area (Å²) in [6.45, 7) is 9.20. The standard InChI is InChI=1S/C23H24FN7O2/c1-5-21(33)26-16-6-7-20-17(8-16)13(2)10-31(20)22-18(24)9-25-23(28-22)27-19-12-30(11-14(3)32)29-15(19)4/h5-10,12,14,32H,1,11H2,2-4H3,(H,26,33)(H,25,27,28)/t14-/m0/s1. The van der Waals surface area contributed by atoms with Gasteiger partial charge in [-0.2, -0.15) is 10.1 Å². The van der Waals surface area contributed by atoms with E-state index in [9.17, 15) is 14.3 Å². The van der Waals surface area contributed by atoms with E-state index in [1.165, 1.54) is 6.08 Å². The van der Waals surface area contributed by atoms with Crippen molar-refractivity contribution < 1.29 is 14.3 Å². The van der Waals surface area contributed by atoms with E-state index < -0.39 is 11.9 Å². The summed E-state index contributed by atoms with van der Waals surface area (Å²) in [4.78, 5) is 20.1. The van der Waals surface area contributed by atoms with Crippen LogP contribution in [0.3, 0.4) is 0 Å². The zero-order valence-electron chi connectivity index (χ0n) is 18.5. The zero-order valence-corrected chi connectivity index (χ0v) is 18.5. The topological polar surface area (TPSA) is 110 Å². The third kappa shape index (κ3) is 4.60. The maximum absolute atomic E-state index is 14.8. The van der Waals surface area contributed by atoms with E-state index in [0.717, 1.165) is 22.7 Å². The van der Waals surface area contributed by atoms with Crippen LogP contribution in [0.2, 0.25) is 0 Å². The van der Waals surface area contributed by atoms with Gasteiger partial charge in [-0.05, 0) is 50.6 Å². The van der Waals surface area contributed by atoms with Gasteiger partial charge < -0.3 is 15.7 Å². The fourth-order valence-corrected chi connectivity index (χ4v) is 3.55. The lowest BCUT2D eigenvalue weighted by molar-refractivity contribution is -0.111. The van der Waals surface area contributed by atoms with Gasteiger partial charge in [0.15, 0.2) is 11.6 Å². The molecule has 170 valence electrons. The van der Waals surface area contributed by atoms with Crippen molar-refractivity contribution in [2.24, 2.45) is 0 Å². The van der Waals surface area contributed by atoms with Crippen LogP contribution < -0.4 is 10.6 Å². The molecule has 9 nitrogen and oxygen atoms in total. The van der Waals surface area contributed by atoms with Crippen LogP contribution in [0.15, 0.2) is 49.4 Å². The van der Waals surface area contributed by atoms with Gasteiger partial charge in [-0.15, -0.1) is 0 Å². The number of nitrogens with one attached hydrogen (secondary N) is 2. The van der Waals surface area contributed by atoms with Crippen LogP contribution in [0, 0.1) is 19.7 Å². The fraction of sp³-hybridized carbons (Fsp3) is 0.217. The summed E-state index contributed by atoms with van der Waals surface area (Å²) >= 11 is 0. The van der Waals surface area contributed by atoms with Crippen molar-refractivity contribution in [3.05, 3.63) is 66.5 Å². The van der Waals surface area contributed by atoms with Gasteiger partial charge in [0.25, 0.3) is 0 Å². The molecule has 3 heterocycles. The van der Waals surface area contributed by atoms with E-state index >= 15 is 0 Å². The smallest absolute Gasteiger partial charge is 0.247 e. The Labute approximate surface area is 189 Å². The first-order valence-corrected chi connectivity index (χ1v) is 10.3. The SMILES string of the molecule is C=CC(=O)Nc1ccc2c(c1)c(C)cn2-c1nc(Nc2cn(C[C@H](C)O)nc2C)ncc1F. The number of fused-ring (bicyclic) bond motifs is 1. The maximum Gasteiger partial charge on any atom is 0.247 e. The Morgan fingerprint density at radius 3 is 2.85 bits per heavy atom. The summed E-state index contributed by atoms with van der Waals surface area (Å²) in [5.41, 5.74) is 3.59. The molecule has 0 bridgehead atoms. The molecule has 3 N–H and O–H groups in total. The van der Waals surface area contributed by atoms with Crippen molar-refractivity contribution in [3.63, 3.8) is 0 Å². The third-order valence-corrected chi connectivity index (χ3v) is 5.05. The number of carbonyl (C=O) groups excluding carboxylic acids is 1. The molecule has 3 aromatic heterocycles. The Morgan fingerprint density at radius 2 is 2.12 bits per heavy atom. The third-order valence-electron chi connectivity index (χ3n) is 5.05. The first kappa shape index (κ1) is 22.2. The number of amides is 1. The molecule has 33 heavy (non-hydrogen) atoms. The van der Waals surface area contributed by atoms with Crippen molar-refractivity contribution in [2.75, 3.05) is 10.6 Å². The molecule has 0 spiro atoms. The lowest BCUT2D eigenvalue weighted by atomic mass is 10.2. The van der Waals surface area contributed by atoms with Gasteiger partial charge in [0.05, 0.1) is 35.7 Å². The van der Waals surface area contributed by atoms with Crippen molar-refractivity contribution in [2.45, 2.75) is 33.4 Å². The number of aromatic nitrogens is 5. The van der Waals surface area contributed by atoms with Gasteiger partial charge in [-0.3, -0.25) is 14.0 Å². The van der Waals surface area contributed by atoms with E-state index in [0.29, 0.717) is 23.6 Å². The van der Waals surface area contributed by atoms with Gasteiger partial charge in [0.1, 0.15) is 0 Å². The molecule has 0 saturated carbocycles. The van der Waals surface area contributed by atoms with E-state index in [4.69, 9.17) is 0 Å². The first-order valence-electron chi connectivity index (χ1n) is 10.3. The number of anilines is 3. The van der Waals surface area contributed by atoms with Crippen molar-refractivity contribution in [1.29, 1.82) is 0 Å². The monoisotopic (exact) mass is 449 g/mol. The van der Waals surface area contributed by atoms with E-state index in [1.54, 1.807) is 40.7 Å². The van der Waals surface area contributed by atoms with Crippen LogP contribution in [0.1, 0.15) is 18.2 Å². The van der Waals surface area contributed by atoms with Gasteiger partial charge in [-0.25, -0.2) is 9.37 Å². The Balaban J connectivity index is 1.69. The largest absolute Gasteiger partial charge is 0.391 e. The number of halogens is 1. The molecule has 1 aromatic carbocycles. The number of hydrogen-bond acceptors (Lipinski definition) is 6. The molecule has 4 rings (SSSR count). The molecule has 1 amide bonds. The van der Waals surface area contributed by atoms with Crippen molar-refractivity contribution in [1.82, 2.24) is 24.3 Å². The van der Waals surface area contributed by atoms with Gasteiger partial charge in [0, 0.05) is 23.5 Å². The number of hydrogen-bond donors (Lipinski definition) is 3. The number of carbonyl (C=O) groups is 1. The molecule has 10 heteroatoms. The number of benzene rings is 1. The predicted molar refractivity (Wildman–Crippen MR) is 124 cm³/mol.